The van der Waals surface area contributed by atoms with Crippen molar-refractivity contribution in [2.24, 2.45) is 4.99 Å². The number of hydrogen-bond donors (Lipinski definition) is 1. The fraction of sp³-hybridized carbons (Fsp3) is 0.333. The lowest BCUT2D eigenvalue weighted by Gasteiger charge is -2.15. The molecule has 4 rings (SSSR count). The molecular formula is C24H27N3O2S. The number of carbonyl (C=O) groups is 1. The molecule has 2 heterocycles. The number of nitrogens with one attached hydrogen (secondary N) is 1. The van der Waals surface area contributed by atoms with Crippen LogP contribution >= 0.6 is 11.3 Å². The average molecular weight is 422 g/mol. The molecule has 3 aromatic rings. The Balaban J connectivity index is 1.89. The zero-order valence-corrected chi connectivity index (χ0v) is 18.2. The zero-order chi connectivity index (χ0) is 20.9. The van der Waals surface area contributed by atoms with E-state index in [0.717, 1.165) is 46.2 Å². The summed E-state index contributed by atoms with van der Waals surface area (Å²) in [5, 5.41) is 3.93. The van der Waals surface area contributed by atoms with Gasteiger partial charge >= 0.3 is 0 Å². The van der Waals surface area contributed by atoms with Crippen molar-refractivity contribution in [3.63, 3.8) is 0 Å². The SMILES string of the molecule is CCC(=O)Nc1sc(=Nc2ccccc2)n(C[C@H]2CCCO2)c1-c1ccc(C)cc1. The van der Waals surface area contributed by atoms with E-state index in [2.05, 4.69) is 41.1 Å². The van der Waals surface area contributed by atoms with Crippen molar-refractivity contribution in [3.05, 3.63) is 65.0 Å². The van der Waals surface area contributed by atoms with E-state index in [1.165, 1.54) is 16.9 Å². The highest BCUT2D eigenvalue weighted by molar-refractivity contribution is 7.14. The van der Waals surface area contributed by atoms with Gasteiger partial charge < -0.3 is 14.6 Å². The molecule has 0 saturated carbocycles. The van der Waals surface area contributed by atoms with Crippen LogP contribution in [0.5, 0.6) is 0 Å². The Morgan fingerprint density at radius 1 is 1.20 bits per heavy atom. The highest BCUT2D eigenvalue weighted by atomic mass is 32.1. The van der Waals surface area contributed by atoms with E-state index in [9.17, 15) is 4.79 Å². The van der Waals surface area contributed by atoms with E-state index in [4.69, 9.17) is 9.73 Å². The Morgan fingerprint density at radius 2 is 1.97 bits per heavy atom. The van der Waals surface area contributed by atoms with Crippen LogP contribution in [0.15, 0.2) is 59.6 Å². The lowest BCUT2D eigenvalue weighted by molar-refractivity contribution is -0.115. The number of hydrogen-bond acceptors (Lipinski definition) is 4. The van der Waals surface area contributed by atoms with Crippen molar-refractivity contribution < 1.29 is 9.53 Å². The Labute approximate surface area is 181 Å². The number of rotatable bonds is 6. The molecule has 1 aliphatic heterocycles. The molecule has 1 saturated heterocycles. The number of amides is 1. The molecule has 1 aliphatic rings. The van der Waals surface area contributed by atoms with Gasteiger partial charge in [0.05, 0.1) is 24.0 Å². The second-order valence-corrected chi connectivity index (χ2v) is 8.50. The van der Waals surface area contributed by atoms with Crippen LogP contribution in [0.2, 0.25) is 0 Å². The Morgan fingerprint density at radius 3 is 2.63 bits per heavy atom. The second-order valence-electron chi connectivity index (χ2n) is 7.52. The van der Waals surface area contributed by atoms with Crippen LogP contribution in [-0.4, -0.2) is 23.2 Å². The van der Waals surface area contributed by atoms with Gasteiger partial charge in [-0.3, -0.25) is 4.79 Å². The predicted molar refractivity (Wildman–Crippen MR) is 122 cm³/mol. The summed E-state index contributed by atoms with van der Waals surface area (Å²) in [6, 6.07) is 18.4. The Hall–Kier alpha value is -2.70. The fourth-order valence-electron chi connectivity index (χ4n) is 3.57. The molecule has 30 heavy (non-hydrogen) atoms. The number of aromatic nitrogens is 1. The lowest BCUT2D eigenvalue weighted by Crippen LogP contribution is -2.24. The van der Waals surface area contributed by atoms with E-state index in [1.54, 1.807) is 0 Å². The molecule has 1 fully saturated rings. The molecule has 1 N–H and O–H groups in total. The number of benzene rings is 2. The molecular weight excluding hydrogens is 394 g/mol. The van der Waals surface area contributed by atoms with E-state index in [1.807, 2.05) is 37.3 Å². The quantitative estimate of drug-likeness (QED) is 0.588. The topological polar surface area (TPSA) is 55.6 Å². The summed E-state index contributed by atoms with van der Waals surface area (Å²) in [5.41, 5.74) is 4.15. The first kappa shape index (κ1) is 20.6. The number of para-hydroxylation sites is 1. The van der Waals surface area contributed by atoms with Crippen LogP contribution in [0, 0.1) is 6.92 Å². The summed E-state index contributed by atoms with van der Waals surface area (Å²) in [6.07, 6.45) is 2.72. The first-order valence-electron chi connectivity index (χ1n) is 10.5. The third kappa shape index (κ3) is 4.71. The van der Waals surface area contributed by atoms with Gasteiger partial charge in [0.25, 0.3) is 0 Å². The molecule has 0 unspecified atom stereocenters. The third-order valence-corrected chi connectivity index (χ3v) is 6.19. The molecule has 0 bridgehead atoms. The van der Waals surface area contributed by atoms with Crippen LogP contribution in [0.4, 0.5) is 10.7 Å². The largest absolute Gasteiger partial charge is 0.376 e. The highest BCUT2D eigenvalue weighted by Crippen LogP contribution is 2.32. The summed E-state index contributed by atoms with van der Waals surface area (Å²) in [7, 11) is 0. The molecule has 0 radical (unpaired) electrons. The molecule has 2 aromatic carbocycles. The van der Waals surface area contributed by atoms with Gasteiger partial charge in [-0.05, 0) is 31.9 Å². The van der Waals surface area contributed by atoms with Crippen LogP contribution in [0.1, 0.15) is 31.7 Å². The Kier molecular flexibility index (Phi) is 6.45. The maximum Gasteiger partial charge on any atom is 0.224 e. The number of aryl methyl sites for hydroxylation is 1. The second kappa shape index (κ2) is 9.41. The van der Waals surface area contributed by atoms with Gasteiger partial charge in [0.15, 0.2) is 4.80 Å². The van der Waals surface area contributed by atoms with Crippen molar-refractivity contribution in [2.45, 2.75) is 45.8 Å². The maximum absolute atomic E-state index is 12.3. The minimum atomic E-state index is 0.000129. The number of thiazole rings is 1. The minimum Gasteiger partial charge on any atom is -0.376 e. The van der Waals surface area contributed by atoms with Crippen LogP contribution < -0.4 is 10.1 Å². The monoisotopic (exact) mass is 421 g/mol. The highest BCUT2D eigenvalue weighted by Gasteiger charge is 2.22. The van der Waals surface area contributed by atoms with Gasteiger partial charge in [-0.2, -0.15) is 0 Å². The van der Waals surface area contributed by atoms with Gasteiger partial charge in [-0.1, -0.05) is 66.3 Å². The molecule has 5 nitrogen and oxygen atoms in total. The van der Waals surface area contributed by atoms with Gasteiger partial charge in [-0.25, -0.2) is 4.99 Å². The van der Waals surface area contributed by atoms with E-state index in [0.29, 0.717) is 13.0 Å². The molecule has 6 heteroatoms. The summed E-state index contributed by atoms with van der Waals surface area (Å²) >= 11 is 1.52. The summed E-state index contributed by atoms with van der Waals surface area (Å²) in [5.74, 6) is 0.000129. The predicted octanol–water partition coefficient (Wildman–Crippen LogP) is 5.28. The van der Waals surface area contributed by atoms with Crippen LogP contribution in [0.3, 0.4) is 0 Å². The smallest absolute Gasteiger partial charge is 0.224 e. The van der Waals surface area contributed by atoms with Crippen molar-refractivity contribution in [2.75, 3.05) is 11.9 Å². The molecule has 1 amide bonds. The van der Waals surface area contributed by atoms with Gasteiger partial charge in [0, 0.05) is 18.6 Å². The van der Waals surface area contributed by atoms with Crippen molar-refractivity contribution in [1.29, 1.82) is 0 Å². The first-order chi connectivity index (χ1) is 14.6. The minimum absolute atomic E-state index is 0.000129. The zero-order valence-electron chi connectivity index (χ0n) is 17.4. The Bertz CT molecular complexity index is 1060. The van der Waals surface area contributed by atoms with Crippen LogP contribution in [-0.2, 0) is 16.1 Å². The van der Waals surface area contributed by atoms with Crippen LogP contribution in [0.25, 0.3) is 11.3 Å². The summed E-state index contributed by atoms with van der Waals surface area (Å²) in [6.45, 7) is 5.46. The van der Waals surface area contributed by atoms with E-state index < -0.39 is 0 Å². The number of carbonyl (C=O) groups excluding carboxylic acids is 1. The average Bonchev–Trinajstić information content (AvgIpc) is 3.38. The summed E-state index contributed by atoms with van der Waals surface area (Å²) < 4.78 is 8.15. The number of ether oxygens (including phenoxy) is 1. The van der Waals surface area contributed by atoms with Crippen molar-refractivity contribution in [1.82, 2.24) is 4.57 Å². The first-order valence-corrected chi connectivity index (χ1v) is 11.3. The van der Waals surface area contributed by atoms with Crippen molar-refractivity contribution >= 4 is 27.9 Å². The van der Waals surface area contributed by atoms with Gasteiger partial charge in [0.2, 0.25) is 5.91 Å². The lowest BCUT2D eigenvalue weighted by atomic mass is 10.1. The maximum atomic E-state index is 12.3. The molecule has 1 aromatic heterocycles. The number of anilines is 1. The molecule has 156 valence electrons. The normalized spacial score (nSPS) is 16.7. The molecule has 0 aliphatic carbocycles. The van der Waals surface area contributed by atoms with E-state index >= 15 is 0 Å². The summed E-state index contributed by atoms with van der Waals surface area (Å²) in [4.78, 5) is 18.0. The van der Waals surface area contributed by atoms with Gasteiger partial charge in [-0.15, -0.1) is 0 Å². The van der Waals surface area contributed by atoms with E-state index in [-0.39, 0.29) is 12.0 Å². The molecule has 0 spiro atoms. The third-order valence-electron chi connectivity index (χ3n) is 5.20. The fourth-order valence-corrected chi connectivity index (χ4v) is 4.67. The van der Waals surface area contributed by atoms with Gasteiger partial charge in [0.1, 0.15) is 5.00 Å². The molecule has 1 atom stereocenters. The van der Waals surface area contributed by atoms with Crippen molar-refractivity contribution in [3.8, 4) is 11.3 Å². The standard InChI is InChI=1S/C24H27N3O2S/c1-3-21(28)26-23-22(18-13-11-17(2)12-14-18)27(16-20-10-7-15-29-20)24(30-23)25-19-8-5-4-6-9-19/h4-6,8-9,11-14,20H,3,7,10,15-16H2,1-2H3,(H,26,28)/t20-/m1/s1. The number of nitrogens with zero attached hydrogens (tertiary/aromatic N) is 2.